The first kappa shape index (κ1) is 13.1. The predicted octanol–water partition coefficient (Wildman–Crippen LogP) is 0.932. The summed E-state index contributed by atoms with van der Waals surface area (Å²) in [5, 5.41) is 11.9. The number of nitriles is 1. The Kier molecular flexibility index (Phi) is 4.33. The van der Waals surface area contributed by atoms with Crippen molar-refractivity contribution in [3.05, 3.63) is 21.2 Å². The molecule has 2 rings (SSSR count). The lowest BCUT2D eigenvalue weighted by molar-refractivity contribution is 0.242. The standard InChI is InChI=1S/C11H14BrN5O/c12-9-10(14-7-15-11(9)18)16-8-1-4-17(5-2-8)6-3-13/h7-8H,1-2,4-6H2,(H2,14,15,16,18). The minimum atomic E-state index is -0.186. The number of aromatic amines is 1. The van der Waals surface area contributed by atoms with Crippen molar-refractivity contribution in [2.75, 3.05) is 25.0 Å². The molecule has 1 aromatic heterocycles. The number of hydrogen-bond acceptors (Lipinski definition) is 5. The van der Waals surface area contributed by atoms with E-state index in [0.29, 0.717) is 22.9 Å². The van der Waals surface area contributed by atoms with Crippen molar-refractivity contribution in [1.82, 2.24) is 14.9 Å². The molecule has 7 heteroatoms. The first-order valence-electron chi connectivity index (χ1n) is 5.79. The third-order valence-corrected chi connectivity index (χ3v) is 3.75. The first-order valence-corrected chi connectivity index (χ1v) is 6.59. The SMILES string of the molecule is N#CCN1CCC(Nc2nc[nH]c(=O)c2Br)CC1. The molecule has 1 aromatic rings. The van der Waals surface area contributed by atoms with E-state index < -0.39 is 0 Å². The van der Waals surface area contributed by atoms with Crippen molar-refractivity contribution in [3.8, 4) is 6.07 Å². The van der Waals surface area contributed by atoms with Crippen LogP contribution in [0.1, 0.15) is 12.8 Å². The van der Waals surface area contributed by atoms with Gasteiger partial charge in [0.15, 0.2) is 0 Å². The minimum absolute atomic E-state index is 0.186. The Morgan fingerprint density at radius 1 is 1.61 bits per heavy atom. The molecule has 96 valence electrons. The lowest BCUT2D eigenvalue weighted by Crippen LogP contribution is -2.39. The topological polar surface area (TPSA) is 84.8 Å². The molecule has 0 amide bonds. The van der Waals surface area contributed by atoms with Gasteiger partial charge in [0.1, 0.15) is 10.3 Å². The number of hydrogen-bond donors (Lipinski definition) is 2. The van der Waals surface area contributed by atoms with Crippen molar-refractivity contribution in [2.45, 2.75) is 18.9 Å². The van der Waals surface area contributed by atoms with Gasteiger partial charge in [-0.25, -0.2) is 4.98 Å². The Labute approximate surface area is 113 Å². The summed E-state index contributed by atoms with van der Waals surface area (Å²) in [5.74, 6) is 0.581. The summed E-state index contributed by atoms with van der Waals surface area (Å²) in [6.07, 6.45) is 3.28. The molecule has 0 saturated carbocycles. The van der Waals surface area contributed by atoms with E-state index in [1.54, 1.807) is 0 Å². The highest BCUT2D eigenvalue weighted by Crippen LogP contribution is 2.19. The molecular formula is C11H14BrN5O. The van der Waals surface area contributed by atoms with Crippen LogP contribution in [0.15, 0.2) is 15.6 Å². The number of halogens is 1. The smallest absolute Gasteiger partial charge is 0.267 e. The summed E-state index contributed by atoms with van der Waals surface area (Å²) in [7, 11) is 0. The quantitative estimate of drug-likeness (QED) is 0.811. The van der Waals surface area contributed by atoms with E-state index in [9.17, 15) is 4.79 Å². The van der Waals surface area contributed by atoms with Crippen LogP contribution in [0.4, 0.5) is 5.82 Å². The molecule has 0 spiro atoms. The Balaban J connectivity index is 1.94. The number of H-pyrrole nitrogens is 1. The molecule has 1 aliphatic heterocycles. The Morgan fingerprint density at radius 2 is 2.33 bits per heavy atom. The minimum Gasteiger partial charge on any atom is -0.366 e. The van der Waals surface area contributed by atoms with Crippen LogP contribution in [0.5, 0.6) is 0 Å². The zero-order chi connectivity index (χ0) is 13.0. The third kappa shape index (κ3) is 3.09. The van der Waals surface area contributed by atoms with Gasteiger partial charge in [0.05, 0.1) is 18.9 Å². The van der Waals surface area contributed by atoms with Gasteiger partial charge in [0, 0.05) is 19.1 Å². The van der Waals surface area contributed by atoms with E-state index >= 15 is 0 Å². The summed E-state index contributed by atoms with van der Waals surface area (Å²) in [5.41, 5.74) is -0.186. The zero-order valence-electron chi connectivity index (χ0n) is 9.82. The van der Waals surface area contributed by atoms with Gasteiger partial charge in [-0.2, -0.15) is 5.26 Å². The van der Waals surface area contributed by atoms with E-state index in [2.05, 4.69) is 42.2 Å². The van der Waals surface area contributed by atoms with E-state index in [0.717, 1.165) is 25.9 Å². The normalized spacial score (nSPS) is 17.3. The molecule has 2 N–H and O–H groups in total. The average Bonchev–Trinajstić information content (AvgIpc) is 2.38. The van der Waals surface area contributed by atoms with Crippen LogP contribution in [0.2, 0.25) is 0 Å². The summed E-state index contributed by atoms with van der Waals surface area (Å²) >= 11 is 3.22. The van der Waals surface area contributed by atoms with Crippen LogP contribution in [0.3, 0.4) is 0 Å². The van der Waals surface area contributed by atoms with E-state index in [4.69, 9.17) is 5.26 Å². The summed E-state index contributed by atoms with van der Waals surface area (Å²) in [4.78, 5) is 20.1. The molecule has 1 saturated heterocycles. The number of anilines is 1. The molecule has 18 heavy (non-hydrogen) atoms. The van der Waals surface area contributed by atoms with Crippen molar-refractivity contribution < 1.29 is 0 Å². The lowest BCUT2D eigenvalue weighted by atomic mass is 10.1. The van der Waals surface area contributed by atoms with Gasteiger partial charge >= 0.3 is 0 Å². The predicted molar refractivity (Wildman–Crippen MR) is 71.3 cm³/mol. The molecule has 6 nitrogen and oxygen atoms in total. The van der Waals surface area contributed by atoms with Crippen LogP contribution in [-0.4, -0.2) is 40.5 Å². The van der Waals surface area contributed by atoms with E-state index in [-0.39, 0.29) is 5.56 Å². The van der Waals surface area contributed by atoms with Gasteiger partial charge in [0.25, 0.3) is 5.56 Å². The van der Waals surface area contributed by atoms with Crippen LogP contribution in [-0.2, 0) is 0 Å². The summed E-state index contributed by atoms with van der Waals surface area (Å²) in [6, 6.07) is 2.46. The fraction of sp³-hybridized carbons (Fsp3) is 0.545. The summed E-state index contributed by atoms with van der Waals surface area (Å²) < 4.78 is 0.435. The molecule has 0 unspecified atom stereocenters. The average molecular weight is 312 g/mol. The fourth-order valence-corrected chi connectivity index (χ4v) is 2.34. The number of likely N-dealkylation sites (tertiary alicyclic amines) is 1. The van der Waals surface area contributed by atoms with E-state index in [1.165, 1.54) is 6.33 Å². The molecule has 2 heterocycles. The molecule has 0 radical (unpaired) electrons. The number of aromatic nitrogens is 2. The maximum atomic E-state index is 11.4. The van der Waals surface area contributed by atoms with Gasteiger partial charge in [-0.05, 0) is 28.8 Å². The molecule has 0 atom stereocenters. The van der Waals surface area contributed by atoms with Gasteiger partial charge in [-0.15, -0.1) is 0 Å². The maximum absolute atomic E-state index is 11.4. The van der Waals surface area contributed by atoms with Crippen LogP contribution < -0.4 is 10.9 Å². The number of nitrogens with zero attached hydrogens (tertiary/aromatic N) is 3. The van der Waals surface area contributed by atoms with Crippen molar-refractivity contribution in [2.24, 2.45) is 0 Å². The molecular weight excluding hydrogens is 298 g/mol. The van der Waals surface area contributed by atoms with Crippen LogP contribution in [0, 0.1) is 11.3 Å². The lowest BCUT2D eigenvalue weighted by Gasteiger charge is -2.31. The van der Waals surface area contributed by atoms with E-state index in [1.807, 2.05) is 0 Å². The maximum Gasteiger partial charge on any atom is 0.267 e. The second-order valence-electron chi connectivity index (χ2n) is 4.25. The zero-order valence-corrected chi connectivity index (χ0v) is 11.4. The molecule has 0 aromatic carbocycles. The molecule has 1 fully saturated rings. The van der Waals surface area contributed by atoms with Gasteiger partial charge in [0.2, 0.25) is 0 Å². The molecule has 0 bridgehead atoms. The van der Waals surface area contributed by atoms with Crippen LogP contribution >= 0.6 is 15.9 Å². The monoisotopic (exact) mass is 311 g/mol. The fourth-order valence-electron chi connectivity index (χ4n) is 2.01. The van der Waals surface area contributed by atoms with Gasteiger partial charge in [-0.3, -0.25) is 9.69 Å². The first-order chi connectivity index (χ1) is 8.70. The second kappa shape index (κ2) is 5.98. The summed E-state index contributed by atoms with van der Waals surface area (Å²) in [6.45, 7) is 2.28. The highest BCUT2D eigenvalue weighted by atomic mass is 79.9. The molecule has 0 aliphatic carbocycles. The molecule has 1 aliphatic rings. The van der Waals surface area contributed by atoms with Crippen molar-refractivity contribution >= 4 is 21.7 Å². The Morgan fingerprint density at radius 3 is 3.00 bits per heavy atom. The highest BCUT2D eigenvalue weighted by Gasteiger charge is 2.20. The van der Waals surface area contributed by atoms with Gasteiger partial charge < -0.3 is 10.3 Å². The van der Waals surface area contributed by atoms with Crippen molar-refractivity contribution in [1.29, 1.82) is 5.26 Å². The highest BCUT2D eigenvalue weighted by molar-refractivity contribution is 9.10. The van der Waals surface area contributed by atoms with Crippen molar-refractivity contribution in [3.63, 3.8) is 0 Å². The number of rotatable bonds is 3. The van der Waals surface area contributed by atoms with Crippen LogP contribution in [0.25, 0.3) is 0 Å². The van der Waals surface area contributed by atoms with Gasteiger partial charge in [-0.1, -0.05) is 0 Å². The Bertz CT molecular complexity index is 501. The number of nitrogens with one attached hydrogen (secondary N) is 2. The Hall–Kier alpha value is -1.39. The largest absolute Gasteiger partial charge is 0.366 e. The number of piperidine rings is 1. The second-order valence-corrected chi connectivity index (χ2v) is 5.04. The third-order valence-electron chi connectivity index (χ3n) is 3.02.